The van der Waals surface area contributed by atoms with Crippen LogP contribution in [0.15, 0.2) is 77.6 Å². The van der Waals surface area contributed by atoms with Gasteiger partial charge in [-0.15, -0.1) is 0 Å². The number of alkyl carbamates (subject to hydrolysis) is 1. The summed E-state index contributed by atoms with van der Waals surface area (Å²) < 4.78 is 26.7. The molecule has 1 amide bonds. The lowest BCUT2D eigenvalue weighted by Gasteiger charge is -2.19. The molecule has 1 aromatic heterocycles. The summed E-state index contributed by atoms with van der Waals surface area (Å²) in [6.45, 7) is 5.40. The number of halogens is 1. The molecule has 2 aromatic carbocycles. The lowest BCUT2D eigenvalue weighted by Crippen LogP contribution is -2.34. The fraction of sp³-hybridized carbons (Fsp3) is 0.292. The minimum Gasteiger partial charge on any atom is -0.489 e. The van der Waals surface area contributed by atoms with Crippen LogP contribution in [0, 0.1) is 0 Å². The second-order valence-electron chi connectivity index (χ2n) is 8.33. The topological polar surface area (TPSA) is 87.4 Å². The molecule has 1 N–H and O–H groups in total. The van der Waals surface area contributed by atoms with Crippen LogP contribution < -0.4 is 15.7 Å². The Morgan fingerprint density at radius 3 is 2.45 bits per heavy atom. The fourth-order valence-corrected chi connectivity index (χ4v) is 2.89. The summed E-state index contributed by atoms with van der Waals surface area (Å²) in [6.07, 6.45) is 1.04. The molecule has 1 heterocycles. The molecule has 8 nitrogen and oxygen atoms in total. The SMILES string of the molecule is CC(C)(C)OC(=O)NCC(=CF)Cn1ncn(-c2ccc(OCc3ccccc3)cc2)c1=O. The van der Waals surface area contributed by atoms with Gasteiger partial charge in [0.1, 0.15) is 24.3 Å². The number of hydrogen-bond acceptors (Lipinski definition) is 5. The van der Waals surface area contributed by atoms with E-state index in [0.717, 1.165) is 10.2 Å². The Morgan fingerprint density at radius 1 is 1.12 bits per heavy atom. The van der Waals surface area contributed by atoms with Crippen LogP contribution in [-0.4, -0.2) is 32.6 Å². The maximum absolute atomic E-state index is 13.3. The van der Waals surface area contributed by atoms with Crippen LogP contribution in [0.4, 0.5) is 9.18 Å². The fourth-order valence-electron chi connectivity index (χ4n) is 2.89. The van der Waals surface area contributed by atoms with Crippen molar-refractivity contribution in [3.05, 3.63) is 88.9 Å². The smallest absolute Gasteiger partial charge is 0.407 e. The predicted octanol–water partition coefficient (Wildman–Crippen LogP) is 3.99. The molecule has 0 atom stereocenters. The van der Waals surface area contributed by atoms with Crippen LogP contribution in [0.25, 0.3) is 5.69 Å². The summed E-state index contributed by atoms with van der Waals surface area (Å²) in [6, 6.07) is 16.8. The van der Waals surface area contributed by atoms with Crippen LogP contribution in [0.5, 0.6) is 5.75 Å². The number of aromatic nitrogens is 3. The number of carbonyl (C=O) groups excluding carboxylic acids is 1. The number of nitrogens with zero attached hydrogens (tertiary/aromatic N) is 3. The van der Waals surface area contributed by atoms with E-state index in [1.54, 1.807) is 45.0 Å². The van der Waals surface area contributed by atoms with E-state index >= 15 is 0 Å². The van der Waals surface area contributed by atoms with Gasteiger partial charge in [0.15, 0.2) is 0 Å². The highest BCUT2D eigenvalue weighted by Crippen LogP contribution is 2.16. The lowest BCUT2D eigenvalue weighted by atomic mass is 10.2. The molecule has 0 aliphatic heterocycles. The Morgan fingerprint density at radius 2 is 1.82 bits per heavy atom. The summed E-state index contributed by atoms with van der Waals surface area (Å²) in [7, 11) is 0. The summed E-state index contributed by atoms with van der Waals surface area (Å²) in [5, 5.41) is 6.51. The standard InChI is InChI=1S/C24H27FN4O4/c1-24(2,3)33-22(30)26-14-19(13-25)15-29-23(31)28(17-27-29)20-9-11-21(12-10-20)32-16-18-7-5-4-6-8-18/h4-13,17H,14-16H2,1-3H3,(H,26,30). The number of rotatable bonds is 8. The van der Waals surface area contributed by atoms with E-state index in [1.807, 2.05) is 30.3 Å². The van der Waals surface area contributed by atoms with Crippen molar-refractivity contribution in [3.8, 4) is 11.4 Å². The molecule has 0 fully saturated rings. The number of nitrogens with one attached hydrogen (secondary N) is 1. The molecule has 0 unspecified atom stereocenters. The van der Waals surface area contributed by atoms with E-state index in [4.69, 9.17) is 9.47 Å². The van der Waals surface area contributed by atoms with Crippen LogP contribution >= 0.6 is 0 Å². The monoisotopic (exact) mass is 454 g/mol. The van der Waals surface area contributed by atoms with Crippen molar-refractivity contribution in [1.82, 2.24) is 19.7 Å². The van der Waals surface area contributed by atoms with Gasteiger partial charge in [0, 0.05) is 6.54 Å². The second-order valence-corrected chi connectivity index (χ2v) is 8.33. The number of amides is 1. The van der Waals surface area contributed by atoms with Crippen LogP contribution in [0.1, 0.15) is 26.3 Å². The number of hydrogen-bond donors (Lipinski definition) is 1. The second kappa shape index (κ2) is 10.6. The molecule has 3 aromatic rings. The van der Waals surface area contributed by atoms with E-state index in [-0.39, 0.29) is 18.7 Å². The Labute approximate surface area is 191 Å². The third-order valence-corrected chi connectivity index (χ3v) is 4.46. The Kier molecular flexibility index (Phi) is 7.66. The van der Waals surface area contributed by atoms with Crippen molar-refractivity contribution in [3.63, 3.8) is 0 Å². The van der Waals surface area contributed by atoms with Crippen molar-refractivity contribution >= 4 is 6.09 Å². The van der Waals surface area contributed by atoms with Gasteiger partial charge in [-0.2, -0.15) is 5.10 Å². The van der Waals surface area contributed by atoms with Crippen molar-refractivity contribution < 1.29 is 18.7 Å². The summed E-state index contributed by atoms with van der Waals surface area (Å²) in [5.74, 6) is 0.666. The minimum absolute atomic E-state index is 0.113. The Balaban J connectivity index is 1.60. The van der Waals surface area contributed by atoms with Crippen LogP contribution in [-0.2, 0) is 17.9 Å². The van der Waals surface area contributed by atoms with Gasteiger partial charge in [-0.1, -0.05) is 30.3 Å². The zero-order chi connectivity index (χ0) is 23.8. The van der Waals surface area contributed by atoms with Gasteiger partial charge in [-0.3, -0.25) is 0 Å². The van der Waals surface area contributed by atoms with Gasteiger partial charge in [0.25, 0.3) is 0 Å². The average molecular weight is 455 g/mol. The van der Waals surface area contributed by atoms with Crippen molar-refractivity contribution in [2.24, 2.45) is 0 Å². The molecular weight excluding hydrogens is 427 g/mol. The maximum atomic E-state index is 13.3. The first kappa shape index (κ1) is 23.8. The highest BCUT2D eigenvalue weighted by atomic mass is 19.1. The largest absolute Gasteiger partial charge is 0.489 e. The first-order valence-corrected chi connectivity index (χ1v) is 10.4. The number of benzene rings is 2. The van der Waals surface area contributed by atoms with Gasteiger partial charge >= 0.3 is 11.8 Å². The maximum Gasteiger partial charge on any atom is 0.407 e. The van der Waals surface area contributed by atoms with Gasteiger partial charge in [-0.05, 0) is 56.2 Å². The van der Waals surface area contributed by atoms with E-state index in [2.05, 4.69) is 10.4 Å². The van der Waals surface area contributed by atoms with Gasteiger partial charge in [0.2, 0.25) is 0 Å². The summed E-state index contributed by atoms with van der Waals surface area (Å²) in [4.78, 5) is 24.5. The Hall–Kier alpha value is -3.88. The van der Waals surface area contributed by atoms with Gasteiger partial charge in [-0.25, -0.2) is 23.2 Å². The molecule has 0 spiro atoms. The zero-order valence-corrected chi connectivity index (χ0v) is 18.8. The molecule has 9 heteroatoms. The molecule has 33 heavy (non-hydrogen) atoms. The Bertz CT molecular complexity index is 1150. The highest BCUT2D eigenvalue weighted by Gasteiger charge is 2.16. The molecule has 0 radical (unpaired) electrons. The molecule has 0 saturated heterocycles. The van der Waals surface area contributed by atoms with Crippen molar-refractivity contribution in [2.45, 2.75) is 39.5 Å². The van der Waals surface area contributed by atoms with Gasteiger partial charge < -0.3 is 14.8 Å². The average Bonchev–Trinajstić information content (AvgIpc) is 3.15. The van der Waals surface area contributed by atoms with Gasteiger partial charge in [0.05, 0.1) is 18.6 Å². The van der Waals surface area contributed by atoms with E-state index in [9.17, 15) is 14.0 Å². The van der Waals surface area contributed by atoms with Crippen molar-refractivity contribution in [2.75, 3.05) is 6.54 Å². The minimum atomic E-state index is -0.672. The van der Waals surface area contributed by atoms with Crippen LogP contribution in [0.2, 0.25) is 0 Å². The number of carbonyl (C=O) groups is 1. The summed E-state index contributed by atoms with van der Waals surface area (Å²) >= 11 is 0. The quantitative estimate of drug-likeness (QED) is 0.556. The molecule has 0 aliphatic carbocycles. The van der Waals surface area contributed by atoms with E-state index in [0.29, 0.717) is 24.4 Å². The molecule has 0 saturated carbocycles. The molecule has 174 valence electrons. The van der Waals surface area contributed by atoms with Crippen LogP contribution in [0.3, 0.4) is 0 Å². The lowest BCUT2D eigenvalue weighted by molar-refractivity contribution is 0.0532. The molecular formula is C24H27FN4O4. The first-order chi connectivity index (χ1) is 15.7. The third kappa shape index (κ3) is 7.06. The number of ether oxygens (including phenoxy) is 2. The highest BCUT2D eigenvalue weighted by molar-refractivity contribution is 5.68. The van der Waals surface area contributed by atoms with E-state index < -0.39 is 17.4 Å². The molecule has 0 aliphatic rings. The van der Waals surface area contributed by atoms with Crippen molar-refractivity contribution in [1.29, 1.82) is 0 Å². The summed E-state index contributed by atoms with van der Waals surface area (Å²) in [5.41, 5.74) is 0.706. The third-order valence-electron chi connectivity index (χ3n) is 4.46. The first-order valence-electron chi connectivity index (χ1n) is 10.4. The molecule has 0 bridgehead atoms. The zero-order valence-electron chi connectivity index (χ0n) is 18.8. The predicted molar refractivity (Wildman–Crippen MR) is 122 cm³/mol. The normalized spacial score (nSPS) is 11.8. The molecule has 3 rings (SSSR count). The van der Waals surface area contributed by atoms with E-state index in [1.165, 1.54) is 10.9 Å².